The molecule has 1 heterocycles. The van der Waals surface area contributed by atoms with Gasteiger partial charge in [0, 0.05) is 6.54 Å². The Morgan fingerprint density at radius 1 is 1.67 bits per heavy atom. The molecule has 0 aliphatic carbocycles. The highest BCUT2D eigenvalue weighted by molar-refractivity contribution is 5.85. The van der Waals surface area contributed by atoms with Gasteiger partial charge in [0.1, 0.15) is 6.61 Å². The van der Waals surface area contributed by atoms with E-state index in [0.717, 1.165) is 0 Å². The predicted molar refractivity (Wildman–Crippen MR) is 54.9 cm³/mol. The molecule has 2 N–H and O–H groups in total. The number of rotatable bonds is 3. The van der Waals surface area contributed by atoms with Gasteiger partial charge in [-0.2, -0.15) is 0 Å². The predicted octanol–water partition coefficient (Wildman–Crippen LogP) is -0.335. The number of carbonyl (C=O) groups excluding carboxylic acids is 2. The second kappa shape index (κ2) is 4.44. The molecule has 84 valence electrons. The molecule has 0 aromatic carbocycles. The maximum atomic E-state index is 11.1. The maximum Gasteiger partial charge on any atom is 0.320 e. The lowest BCUT2D eigenvalue weighted by Crippen LogP contribution is -2.54. The van der Waals surface area contributed by atoms with Crippen molar-refractivity contribution in [3.63, 3.8) is 0 Å². The van der Waals surface area contributed by atoms with Crippen LogP contribution in [-0.4, -0.2) is 42.0 Å². The molecule has 0 saturated carbocycles. The minimum Gasteiger partial charge on any atom is -0.463 e. The molecule has 0 bridgehead atoms. The first-order valence-corrected chi connectivity index (χ1v) is 4.78. The first kappa shape index (κ1) is 11.7. The van der Waals surface area contributed by atoms with Gasteiger partial charge in [0.25, 0.3) is 0 Å². The Kier molecular flexibility index (Phi) is 3.47. The molecule has 1 aliphatic heterocycles. The summed E-state index contributed by atoms with van der Waals surface area (Å²) in [6, 6.07) is 0. The first-order valence-electron chi connectivity index (χ1n) is 4.78. The zero-order valence-corrected chi connectivity index (χ0v) is 9.03. The Morgan fingerprint density at radius 3 is 2.93 bits per heavy atom. The number of cyclic esters (lactones) is 1. The van der Waals surface area contributed by atoms with Crippen LogP contribution in [-0.2, 0) is 14.3 Å². The highest BCUT2D eigenvalue weighted by Gasteiger charge is 2.33. The normalized spacial score (nSPS) is 21.6. The van der Waals surface area contributed by atoms with Crippen LogP contribution in [0.3, 0.4) is 0 Å². The van der Waals surface area contributed by atoms with E-state index in [4.69, 9.17) is 10.5 Å². The number of nitrogens with two attached hydrogens (primary N) is 1. The number of carbonyl (C=O) groups is 2. The summed E-state index contributed by atoms with van der Waals surface area (Å²) in [5, 5.41) is 0. The van der Waals surface area contributed by atoms with Crippen LogP contribution in [0.15, 0.2) is 12.2 Å². The van der Waals surface area contributed by atoms with E-state index >= 15 is 0 Å². The molecular formula is C10H16N2O3. The van der Waals surface area contributed by atoms with E-state index in [0.29, 0.717) is 13.2 Å². The van der Waals surface area contributed by atoms with Gasteiger partial charge in [-0.3, -0.25) is 14.5 Å². The minimum absolute atomic E-state index is 0.199. The van der Waals surface area contributed by atoms with Crippen molar-refractivity contribution < 1.29 is 14.3 Å². The maximum absolute atomic E-state index is 11.1. The lowest BCUT2D eigenvalue weighted by atomic mass is 10.0. The van der Waals surface area contributed by atoms with E-state index in [2.05, 4.69) is 0 Å². The van der Waals surface area contributed by atoms with Crippen molar-refractivity contribution in [3.8, 4) is 0 Å². The van der Waals surface area contributed by atoms with Gasteiger partial charge >= 0.3 is 5.97 Å². The molecule has 0 atom stereocenters. The van der Waals surface area contributed by atoms with E-state index in [1.807, 2.05) is 18.7 Å². The SMILES string of the molecule is CC1(C)COC(=O)CN1CC=CC(N)=O. The fraction of sp³-hybridized carbons (Fsp3) is 0.600. The molecule has 15 heavy (non-hydrogen) atoms. The van der Waals surface area contributed by atoms with Crippen molar-refractivity contribution in [2.24, 2.45) is 5.73 Å². The van der Waals surface area contributed by atoms with Crippen LogP contribution in [0.25, 0.3) is 0 Å². The number of ether oxygens (including phenoxy) is 1. The summed E-state index contributed by atoms with van der Waals surface area (Å²) in [7, 11) is 0. The quantitative estimate of drug-likeness (QED) is 0.513. The van der Waals surface area contributed by atoms with Crippen molar-refractivity contribution in [1.82, 2.24) is 4.90 Å². The number of amides is 1. The summed E-state index contributed by atoms with van der Waals surface area (Å²) in [4.78, 5) is 23.5. The van der Waals surface area contributed by atoms with Gasteiger partial charge in [0.2, 0.25) is 5.91 Å². The van der Waals surface area contributed by atoms with Gasteiger partial charge in [-0.15, -0.1) is 0 Å². The average molecular weight is 212 g/mol. The Bertz CT molecular complexity index is 297. The molecule has 1 rings (SSSR count). The number of hydrogen-bond acceptors (Lipinski definition) is 4. The van der Waals surface area contributed by atoms with Crippen molar-refractivity contribution in [3.05, 3.63) is 12.2 Å². The van der Waals surface area contributed by atoms with E-state index in [1.54, 1.807) is 6.08 Å². The van der Waals surface area contributed by atoms with E-state index in [1.165, 1.54) is 6.08 Å². The standard InChI is InChI=1S/C10H16N2O3/c1-10(2)7-15-9(14)6-12(10)5-3-4-8(11)13/h3-4H,5-7H2,1-2H3,(H2,11,13). The van der Waals surface area contributed by atoms with Crippen molar-refractivity contribution >= 4 is 11.9 Å². The molecular weight excluding hydrogens is 196 g/mol. The molecule has 1 fully saturated rings. The zero-order chi connectivity index (χ0) is 11.5. The summed E-state index contributed by atoms with van der Waals surface area (Å²) in [5.41, 5.74) is 4.77. The number of morpholine rings is 1. The van der Waals surface area contributed by atoms with Gasteiger partial charge in [0.15, 0.2) is 0 Å². The van der Waals surface area contributed by atoms with Gasteiger partial charge < -0.3 is 10.5 Å². The number of nitrogens with zero attached hydrogens (tertiary/aromatic N) is 1. The summed E-state index contributed by atoms with van der Waals surface area (Å²) < 4.78 is 4.95. The van der Waals surface area contributed by atoms with Crippen LogP contribution < -0.4 is 5.73 Å². The smallest absolute Gasteiger partial charge is 0.320 e. The Hall–Kier alpha value is -1.36. The van der Waals surface area contributed by atoms with Gasteiger partial charge in [0.05, 0.1) is 12.1 Å². The largest absolute Gasteiger partial charge is 0.463 e. The highest BCUT2D eigenvalue weighted by Crippen LogP contribution is 2.18. The molecule has 0 unspecified atom stereocenters. The van der Waals surface area contributed by atoms with E-state index in [-0.39, 0.29) is 18.1 Å². The Labute approximate surface area is 88.9 Å². The monoisotopic (exact) mass is 212 g/mol. The third kappa shape index (κ3) is 3.36. The summed E-state index contributed by atoms with van der Waals surface area (Å²) in [5.74, 6) is -0.714. The fourth-order valence-corrected chi connectivity index (χ4v) is 1.37. The summed E-state index contributed by atoms with van der Waals surface area (Å²) in [6.07, 6.45) is 2.96. The molecule has 5 nitrogen and oxygen atoms in total. The zero-order valence-electron chi connectivity index (χ0n) is 9.03. The Balaban J connectivity index is 2.57. The molecule has 1 saturated heterocycles. The second-order valence-electron chi connectivity index (χ2n) is 4.16. The molecule has 1 amide bonds. The van der Waals surface area contributed by atoms with Crippen LogP contribution in [0.1, 0.15) is 13.8 Å². The molecule has 0 spiro atoms. The average Bonchev–Trinajstić information content (AvgIpc) is 2.11. The number of primary amides is 1. The molecule has 1 aliphatic rings. The van der Waals surface area contributed by atoms with Crippen LogP contribution in [0.4, 0.5) is 0 Å². The van der Waals surface area contributed by atoms with E-state index < -0.39 is 5.91 Å². The van der Waals surface area contributed by atoms with E-state index in [9.17, 15) is 9.59 Å². The third-order valence-electron chi connectivity index (χ3n) is 2.37. The van der Waals surface area contributed by atoms with Gasteiger partial charge in [-0.05, 0) is 19.9 Å². The number of esters is 1. The van der Waals surface area contributed by atoms with Crippen LogP contribution in [0.2, 0.25) is 0 Å². The van der Waals surface area contributed by atoms with Gasteiger partial charge in [-0.25, -0.2) is 0 Å². The van der Waals surface area contributed by atoms with Gasteiger partial charge in [-0.1, -0.05) is 6.08 Å². The van der Waals surface area contributed by atoms with Crippen molar-refractivity contribution in [1.29, 1.82) is 0 Å². The third-order valence-corrected chi connectivity index (χ3v) is 2.37. The fourth-order valence-electron chi connectivity index (χ4n) is 1.37. The molecule has 0 aromatic heterocycles. The van der Waals surface area contributed by atoms with Crippen LogP contribution in [0.5, 0.6) is 0 Å². The molecule has 5 heteroatoms. The van der Waals surface area contributed by atoms with Crippen LogP contribution >= 0.6 is 0 Å². The van der Waals surface area contributed by atoms with Crippen molar-refractivity contribution in [2.75, 3.05) is 19.7 Å². The highest BCUT2D eigenvalue weighted by atomic mass is 16.5. The second-order valence-corrected chi connectivity index (χ2v) is 4.16. The number of hydrogen-bond donors (Lipinski definition) is 1. The Morgan fingerprint density at radius 2 is 2.33 bits per heavy atom. The minimum atomic E-state index is -0.479. The molecule has 0 radical (unpaired) electrons. The molecule has 0 aromatic rings. The summed E-state index contributed by atoms with van der Waals surface area (Å²) in [6.45, 7) is 5.10. The lowest BCUT2D eigenvalue weighted by Gasteiger charge is -2.40. The van der Waals surface area contributed by atoms with Crippen molar-refractivity contribution in [2.45, 2.75) is 19.4 Å². The lowest BCUT2D eigenvalue weighted by molar-refractivity contribution is -0.159. The topological polar surface area (TPSA) is 72.6 Å². The summed E-state index contributed by atoms with van der Waals surface area (Å²) >= 11 is 0. The first-order chi connectivity index (χ1) is 6.92. The van der Waals surface area contributed by atoms with Crippen LogP contribution in [0, 0.1) is 0 Å².